The van der Waals surface area contributed by atoms with Crippen LogP contribution in [0.1, 0.15) is 29.7 Å². The van der Waals surface area contributed by atoms with Gasteiger partial charge in [0.2, 0.25) is 5.91 Å². The average Bonchev–Trinajstić information content (AvgIpc) is 3.25. The summed E-state index contributed by atoms with van der Waals surface area (Å²) in [6, 6.07) is 13.7. The maximum absolute atomic E-state index is 12.7. The van der Waals surface area contributed by atoms with Crippen molar-refractivity contribution in [2.75, 3.05) is 12.4 Å². The van der Waals surface area contributed by atoms with E-state index in [1.807, 2.05) is 0 Å². The number of esters is 1. The highest BCUT2D eigenvalue weighted by Crippen LogP contribution is 2.61. The van der Waals surface area contributed by atoms with E-state index in [0.717, 1.165) is 19.3 Å². The number of hydrogen-bond donors (Lipinski definition) is 1. The van der Waals surface area contributed by atoms with E-state index in [4.69, 9.17) is 0 Å². The Morgan fingerprint density at radius 1 is 1.24 bits per heavy atom. The number of carbonyl (C=O) groups excluding carboxylic acids is 2. The Balaban J connectivity index is 1.46. The lowest BCUT2D eigenvalue weighted by molar-refractivity contribution is -0.139. The van der Waals surface area contributed by atoms with E-state index < -0.39 is 0 Å². The fourth-order valence-electron chi connectivity index (χ4n) is 4.02. The number of rotatable bonds is 4. The van der Waals surface area contributed by atoms with E-state index >= 15 is 0 Å². The molecule has 2 aliphatic rings. The van der Waals surface area contributed by atoms with Gasteiger partial charge in [-0.15, -0.1) is 0 Å². The predicted octanol–water partition coefficient (Wildman–Crippen LogP) is 2.64. The van der Waals surface area contributed by atoms with Crippen molar-refractivity contribution in [1.29, 1.82) is 0 Å². The number of ether oxygens (including phenoxy) is 1. The molecule has 1 spiro atoms. The van der Waals surface area contributed by atoms with Crippen LogP contribution in [0, 0.1) is 5.92 Å². The van der Waals surface area contributed by atoms with E-state index in [1.165, 1.54) is 18.2 Å². The summed E-state index contributed by atoms with van der Waals surface area (Å²) in [4.78, 5) is 28.4. The van der Waals surface area contributed by atoms with Gasteiger partial charge in [-0.1, -0.05) is 30.3 Å². The van der Waals surface area contributed by atoms with Crippen molar-refractivity contribution < 1.29 is 14.3 Å². The molecule has 4 rings (SSSR count). The molecule has 1 saturated carbocycles. The van der Waals surface area contributed by atoms with Gasteiger partial charge in [0.1, 0.15) is 5.82 Å². The summed E-state index contributed by atoms with van der Waals surface area (Å²) < 4.78 is 4.65. The van der Waals surface area contributed by atoms with E-state index in [1.54, 1.807) is 18.2 Å². The molecule has 1 fully saturated rings. The third kappa shape index (κ3) is 2.80. The lowest BCUT2D eigenvalue weighted by Crippen LogP contribution is -2.20. The number of anilines is 1. The van der Waals surface area contributed by atoms with Crippen molar-refractivity contribution >= 4 is 17.7 Å². The van der Waals surface area contributed by atoms with Crippen LogP contribution in [0.15, 0.2) is 42.5 Å². The summed E-state index contributed by atoms with van der Waals surface area (Å²) in [7, 11) is 1.35. The number of benzene rings is 1. The van der Waals surface area contributed by atoms with Crippen molar-refractivity contribution in [3.8, 4) is 0 Å². The molecule has 0 radical (unpaired) electrons. The Morgan fingerprint density at radius 2 is 2.08 bits per heavy atom. The Hall–Kier alpha value is -2.69. The Labute approximate surface area is 146 Å². The molecule has 5 heteroatoms. The molecule has 2 aliphatic carbocycles. The zero-order valence-corrected chi connectivity index (χ0v) is 14.1. The van der Waals surface area contributed by atoms with Gasteiger partial charge in [0.05, 0.1) is 19.2 Å². The standard InChI is InChI=1S/C20H20N2O3/c1-25-18(23)11-14-6-4-8-17(21-14)22-19(24)16-12-20(16)10-9-13-5-2-3-7-15(13)20/h2-8,16H,9-12H2,1H3,(H,21,22,24)/t16-,20-/m1/s1. The first kappa shape index (κ1) is 15.8. The number of aromatic nitrogens is 1. The predicted molar refractivity (Wildman–Crippen MR) is 93.1 cm³/mol. The largest absolute Gasteiger partial charge is 0.469 e. The van der Waals surface area contributed by atoms with Gasteiger partial charge < -0.3 is 10.1 Å². The second-order valence-electron chi connectivity index (χ2n) is 6.83. The molecule has 1 aromatic carbocycles. The van der Waals surface area contributed by atoms with Gasteiger partial charge in [-0.2, -0.15) is 0 Å². The van der Waals surface area contributed by atoms with Crippen LogP contribution in [0.5, 0.6) is 0 Å². The Bertz CT molecular complexity index is 848. The summed E-state index contributed by atoms with van der Waals surface area (Å²) in [6.45, 7) is 0. The highest BCUT2D eigenvalue weighted by Gasteiger charge is 2.61. The van der Waals surface area contributed by atoms with Crippen LogP contribution in [0.3, 0.4) is 0 Å². The van der Waals surface area contributed by atoms with Crippen molar-refractivity contribution in [3.05, 3.63) is 59.3 Å². The molecule has 2 aromatic rings. The molecule has 0 saturated heterocycles. The molecule has 128 valence electrons. The van der Waals surface area contributed by atoms with Crippen LogP contribution in [0.2, 0.25) is 0 Å². The zero-order chi connectivity index (χ0) is 17.4. The molecule has 1 amide bonds. The fourth-order valence-corrected chi connectivity index (χ4v) is 4.02. The number of fused-ring (bicyclic) bond motifs is 2. The molecule has 0 bridgehead atoms. The Morgan fingerprint density at radius 3 is 2.92 bits per heavy atom. The van der Waals surface area contributed by atoms with Crippen LogP contribution in [0.25, 0.3) is 0 Å². The number of pyridine rings is 1. The fraction of sp³-hybridized carbons (Fsp3) is 0.350. The molecule has 2 atom stereocenters. The molecule has 5 nitrogen and oxygen atoms in total. The maximum atomic E-state index is 12.7. The summed E-state index contributed by atoms with van der Waals surface area (Å²) in [6.07, 6.45) is 3.09. The van der Waals surface area contributed by atoms with Gasteiger partial charge in [0.15, 0.2) is 0 Å². The van der Waals surface area contributed by atoms with Gasteiger partial charge in [-0.05, 0) is 42.5 Å². The first-order valence-electron chi connectivity index (χ1n) is 8.54. The van der Waals surface area contributed by atoms with Crippen molar-refractivity contribution in [2.45, 2.75) is 31.1 Å². The third-order valence-corrected chi connectivity index (χ3v) is 5.40. The smallest absolute Gasteiger partial charge is 0.311 e. The number of nitrogens with one attached hydrogen (secondary N) is 1. The molecule has 25 heavy (non-hydrogen) atoms. The molecule has 1 heterocycles. The van der Waals surface area contributed by atoms with Crippen LogP contribution in [-0.4, -0.2) is 24.0 Å². The number of hydrogen-bond acceptors (Lipinski definition) is 4. The normalized spacial score (nSPS) is 23.2. The minimum absolute atomic E-state index is 0.00205. The number of aryl methyl sites for hydroxylation is 1. The van der Waals surface area contributed by atoms with Crippen molar-refractivity contribution in [2.24, 2.45) is 5.92 Å². The second-order valence-corrected chi connectivity index (χ2v) is 6.83. The quantitative estimate of drug-likeness (QED) is 0.872. The first-order valence-corrected chi connectivity index (χ1v) is 8.54. The van der Waals surface area contributed by atoms with E-state index in [-0.39, 0.29) is 29.6 Å². The monoisotopic (exact) mass is 336 g/mol. The minimum Gasteiger partial charge on any atom is -0.469 e. The van der Waals surface area contributed by atoms with Gasteiger partial charge in [0.25, 0.3) is 0 Å². The van der Waals surface area contributed by atoms with Crippen molar-refractivity contribution in [1.82, 2.24) is 4.98 Å². The van der Waals surface area contributed by atoms with Crippen LogP contribution >= 0.6 is 0 Å². The van der Waals surface area contributed by atoms with Crippen molar-refractivity contribution in [3.63, 3.8) is 0 Å². The third-order valence-electron chi connectivity index (χ3n) is 5.40. The van der Waals surface area contributed by atoms with E-state index in [0.29, 0.717) is 11.5 Å². The Kier molecular flexibility index (Phi) is 3.79. The minimum atomic E-state index is -0.348. The molecule has 1 N–H and O–H groups in total. The molecule has 0 aliphatic heterocycles. The lowest BCUT2D eigenvalue weighted by Gasteiger charge is -2.12. The number of carbonyl (C=O) groups is 2. The van der Waals surface area contributed by atoms with Gasteiger partial charge >= 0.3 is 5.97 Å². The van der Waals surface area contributed by atoms with E-state index in [2.05, 4.69) is 39.3 Å². The van der Waals surface area contributed by atoms with Crippen LogP contribution < -0.4 is 5.32 Å². The van der Waals surface area contributed by atoms with E-state index in [9.17, 15) is 9.59 Å². The average molecular weight is 336 g/mol. The molecule has 1 aromatic heterocycles. The van der Waals surface area contributed by atoms with Gasteiger partial charge in [0, 0.05) is 11.3 Å². The topological polar surface area (TPSA) is 68.3 Å². The number of methoxy groups -OCH3 is 1. The first-order chi connectivity index (χ1) is 12.1. The number of nitrogens with zero attached hydrogens (tertiary/aromatic N) is 1. The second kappa shape index (κ2) is 5.99. The molecular weight excluding hydrogens is 316 g/mol. The number of amides is 1. The highest BCUT2D eigenvalue weighted by molar-refractivity contribution is 5.95. The summed E-state index contributed by atoms with van der Waals surface area (Å²) >= 11 is 0. The highest BCUT2D eigenvalue weighted by atomic mass is 16.5. The van der Waals surface area contributed by atoms with Crippen LogP contribution in [0.4, 0.5) is 5.82 Å². The SMILES string of the molecule is COC(=O)Cc1cccc(NC(=O)[C@H]2C[C@@]23CCc2ccccc23)n1. The summed E-state index contributed by atoms with van der Waals surface area (Å²) in [5.74, 6) is 0.154. The van der Waals surface area contributed by atoms with Crippen LogP contribution in [-0.2, 0) is 32.6 Å². The van der Waals surface area contributed by atoms with Gasteiger partial charge in [-0.25, -0.2) is 4.98 Å². The zero-order valence-electron chi connectivity index (χ0n) is 14.1. The van der Waals surface area contributed by atoms with Gasteiger partial charge in [-0.3, -0.25) is 9.59 Å². The maximum Gasteiger partial charge on any atom is 0.311 e. The summed E-state index contributed by atoms with van der Waals surface area (Å²) in [5, 5.41) is 2.92. The molecular formula is C20H20N2O3. The lowest BCUT2D eigenvalue weighted by atomic mass is 9.95. The molecule has 0 unspecified atom stereocenters. The summed E-state index contributed by atoms with van der Waals surface area (Å²) in [5.41, 5.74) is 3.31.